The molecule has 0 aliphatic heterocycles. The van der Waals surface area contributed by atoms with Crippen molar-refractivity contribution in [1.29, 1.82) is 0 Å². The highest BCUT2D eigenvalue weighted by molar-refractivity contribution is 5.95. The highest BCUT2D eigenvalue weighted by atomic mass is 16.5. The van der Waals surface area contributed by atoms with Crippen molar-refractivity contribution in [2.24, 2.45) is 5.41 Å². The predicted octanol–water partition coefficient (Wildman–Crippen LogP) is 3.58. The first-order chi connectivity index (χ1) is 11.4. The van der Waals surface area contributed by atoms with Crippen molar-refractivity contribution in [2.45, 2.75) is 20.5 Å². The molecule has 0 aliphatic rings. The highest BCUT2D eigenvalue weighted by Gasteiger charge is 2.28. The van der Waals surface area contributed by atoms with Crippen molar-refractivity contribution >= 4 is 11.6 Å². The number of carbonyl (C=O) groups is 1. The number of rotatable bonds is 7. The van der Waals surface area contributed by atoms with E-state index in [9.17, 15) is 9.90 Å². The van der Waals surface area contributed by atoms with Crippen LogP contribution in [0.3, 0.4) is 0 Å². The topological polar surface area (TPSA) is 67.8 Å². The van der Waals surface area contributed by atoms with Crippen LogP contribution in [0.5, 0.6) is 11.5 Å². The number of benzene rings is 2. The Kier molecular flexibility index (Phi) is 5.82. The van der Waals surface area contributed by atoms with Gasteiger partial charge < -0.3 is 19.9 Å². The van der Waals surface area contributed by atoms with Crippen molar-refractivity contribution in [3.63, 3.8) is 0 Å². The molecule has 0 radical (unpaired) electrons. The van der Waals surface area contributed by atoms with E-state index in [2.05, 4.69) is 5.32 Å². The normalized spacial score (nSPS) is 11.1. The Balaban J connectivity index is 1.92. The van der Waals surface area contributed by atoms with Crippen molar-refractivity contribution in [1.82, 2.24) is 0 Å². The van der Waals surface area contributed by atoms with Gasteiger partial charge in [0.1, 0.15) is 0 Å². The van der Waals surface area contributed by atoms with Crippen molar-refractivity contribution in [3.05, 3.63) is 54.1 Å². The van der Waals surface area contributed by atoms with Crippen LogP contribution >= 0.6 is 0 Å². The molecule has 0 bridgehead atoms. The average molecular weight is 329 g/mol. The number of anilines is 1. The lowest BCUT2D eigenvalue weighted by Crippen LogP contribution is -2.34. The molecule has 0 saturated carbocycles. The summed E-state index contributed by atoms with van der Waals surface area (Å²) in [6.45, 7) is 4.41. The number of amides is 1. The van der Waals surface area contributed by atoms with Gasteiger partial charge in [-0.25, -0.2) is 0 Å². The molecule has 2 N–H and O–H groups in total. The maximum atomic E-state index is 12.5. The second-order valence-corrected chi connectivity index (χ2v) is 6.20. The zero-order valence-electron chi connectivity index (χ0n) is 14.2. The average Bonchev–Trinajstić information content (AvgIpc) is 2.57. The third-order valence-electron chi connectivity index (χ3n) is 3.63. The number of hydrogen-bond donors (Lipinski definition) is 2. The van der Waals surface area contributed by atoms with Crippen LogP contribution < -0.4 is 10.1 Å². The van der Waals surface area contributed by atoms with Crippen LogP contribution in [-0.2, 0) is 16.1 Å². The van der Waals surface area contributed by atoms with Gasteiger partial charge in [-0.15, -0.1) is 0 Å². The van der Waals surface area contributed by atoms with E-state index in [1.54, 1.807) is 12.1 Å². The molecule has 0 heterocycles. The molecule has 2 rings (SSSR count). The van der Waals surface area contributed by atoms with E-state index < -0.39 is 5.41 Å². The van der Waals surface area contributed by atoms with Crippen LogP contribution in [0.4, 0.5) is 5.69 Å². The number of phenolic OH excluding ortho intramolecular Hbond substituents is 1. The molecule has 0 fully saturated rings. The number of phenols is 1. The van der Waals surface area contributed by atoms with Gasteiger partial charge in [-0.2, -0.15) is 0 Å². The summed E-state index contributed by atoms with van der Waals surface area (Å²) in [6, 6.07) is 14.5. The predicted molar refractivity (Wildman–Crippen MR) is 93.2 cm³/mol. The van der Waals surface area contributed by atoms with Crippen LogP contribution in [0.1, 0.15) is 19.4 Å². The first kappa shape index (κ1) is 17.8. The standard InChI is InChI=1S/C19H23NO4/c1-19(2,13-24-12-14-7-5-4-6-8-14)18(22)20-15-9-10-16(21)17(11-15)23-3/h4-11,21H,12-13H2,1-3H3,(H,20,22). The fraction of sp³-hybridized carbons (Fsp3) is 0.316. The number of ether oxygens (including phenoxy) is 2. The summed E-state index contributed by atoms with van der Waals surface area (Å²) in [6.07, 6.45) is 0. The second-order valence-electron chi connectivity index (χ2n) is 6.20. The molecule has 128 valence electrons. The zero-order valence-corrected chi connectivity index (χ0v) is 14.2. The minimum atomic E-state index is -0.695. The quantitative estimate of drug-likeness (QED) is 0.762. The maximum Gasteiger partial charge on any atom is 0.232 e. The van der Waals surface area contributed by atoms with Gasteiger partial charge in [0.05, 0.1) is 25.7 Å². The molecule has 2 aromatic carbocycles. The van der Waals surface area contributed by atoms with Crippen molar-refractivity contribution in [3.8, 4) is 11.5 Å². The maximum absolute atomic E-state index is 12.5. The molecular weight excluding hydrogens is 306 g/mol. The first-order valence-corrected chi connectivity index (χ1v) is 7.72. The molecule has 2 aromatic rings. The molecule has 1 amide bonds. The van der Waals surface area contributed by atoms with Crippen LogP contribution in [-0.4, -0.2) is 24.7 Å². The Labute approximate surface area is 142 Å². The number of hydrogen-bond acceptors (Lipinski definition) is 4. The fourth-order valence-corrected chi connectivity index (χ4v) is 2.12. The smallest absolute Gasteiger partial charge is 0.232 e. The van der Waals surface area contributed by atoms with Gasteiger partial charge in [0, 0.05) is 11.8 Å². The van der Waals surface area contributed by atoms with Crippen LogP contribution in [0.25, 0.3) is 0 Å². The Hall–Kier alpha value is -2.53. The Morgan fingerprint density at radius 3 is 2.54 bits per heavy atom. The number of methoxy groups -OCH3 is 1. The van der Waals surface area contributed by atoms with E-state index in [0.29, 0.717) is 24.7 Å². The first-order valence-electron chi connectivity index (χ1n) is 7.72. The van der Waals surface area contributed by atoms with Gasteiger partial charge in [0.15, 0.2) is 11.5 Å². The molecule has 0 aromatic heterocycles. The molecular formula is C19H23NO4. The monoisotopic (exact) mass is 329 g/mol. The van der Waals surface area contributed by atoms with Gasteiger partial charge in [-0.1, -0.05) is 30.3 Å². The molecule has 0 aliphatic carbocycles. The highest BCUT2D eigenvalue weighted by Crippen LogP contribution is 2.29. The fourth-order valence-electron chi connectivity index (χ4n) is 2.12. The lowest BCUT2D eigenvalue weighted by Gasteiger charge is -2.23. The summed E-state index contributed by atoms with van der Waals surface area (Å²) in [5, 5.41) is 12.4. The number of aromatic hydroxyl groups is 1. The van der Waals surface area contributed by atoms with Crippen molar-refractivity contribution < 1.29 is 19.4 Å². The lowest BCUT2D eigenvalue weighted by molar-refractivity contribution is -0.127. The minimum Gasteiger partial charge on any atom is -0.504 e. The third kappa shape index (κ3) is 4.73. The van der Waals surface area contributed by atoms with E-state index in [0.717, 1.165) is 5.56 Å². The molecule has 0 saturated heterocycles. The van der Waals surface area contributed by atoms with E-state index in [-0.39, 0.29) is 11.7 Å². The molecule has 0 spiro atoms. The Morgan fingerprint density at radius 2 is 1.88 bits per heavy atom. The largest absolute Gasteiger partial charge is 0.504 e. The van der Waals surface area contributed by atoms with Gasteiger partial charge >= 0.3 is 0 Å². The van der Waals surface area contributed by atoms with Gasteiger partial charge in [-0.05, 0) is 31.5 Å². The zero-order chi connectivity index (χ0) is 17.6. The van der Waals surface area contributed by atoms with Crippen LogP contribution in [0.2, 0.25) is 0 Å². The summed E-state index contributed by atoms with van der Waals surface area (Å²) < 4.78 is 10.7. The Morgan fingerprint density at radius 1 is 1.17 bits per heavy atom. The van der Waals surface area contributed by atoms with Crippen LogP contribution in [0.15, 0.2) is 48.5 Å². The second kappa shape index (κ2) is 7.84. The van der Waals surface area contributed by atoms with Gasteiger partial charge in [-0.3, -0.25) is 4.79 Å². The Bertz CT molecular complexity index is 683. The summed E-state index contributed by atoms with van der Waals surface area (Å²) in [5.74, 6) is 0.176. The SMILES string of the molecule is COc1cc(NC(=O)C(C)(C)COCc2ccccc2)ccc1O. The lowest BCUT2D eigenvalue weighted by atomic mass is 9.93. The molecule has 0 atom stereocenters. The van der Waals surface area contributed by atoms with Gasteiger partial charge in [0.2, 0.25) is 5.91 Å². The van der Waals surface area contributed by atoms with Crippen LogP contribution in [0, 0.1) is 5.41 Å². The molecule has 0 unspecified atom stereocenters. The summed E-state index contributed by atoms with van der Waals surface area (Å²) in [4.78, 5) is 12.5. The molecule has 5 nitrogen and oxygen atoms in total. The third-order valence-corrected chi connectivity index (χ3v) is 3.63. The summed E-state index contributed by atoms with van der Waals surface area (Å²) >= 11 is 0. The van der Waals surface area contributed by atoms with Gasteiger partial charge in [0.25, 0.3) is 0 Å². The summed E-state index contributed by atoms with van der Waals surface area (Å²) in [5.41, 5.74) is 0.933. The number of carbonyl (C=O) groups excluding carboxylic acids is 1. The van der Waals surface area contributed by atoms with E-state index in [1.807, 2.05) is 44.2 Å². The summed E-state index contributed by atoms with van der Waals surface area (Å²) in [7, 11) is 1.46. The van der Waals surface area contributed by atoms with E-state index in [1.165, 1.54) is 13.2 Å². The number of nitrogens with one attached hydrogen (secondary N) is 1. The van der Waals surface area contributed by atoms with E-state index >= 15 is 0 Å². The van der Waals surface area contributed by atoms with E-state index in [4.69, 9.17) is 9.47 Å². The minimum absolute atomic E-state index is 0.0287. The molecule has 5 heteroatoms. The van der Waals surface area contributed by atoms with Crippen molar-refractivity contribution in [2.75, 3.05) is 19.0 Å². The molecule has 24 heavy (non-hydrogen) atoms.